The average molecular weight is 345 g/mol. The molecule has 1 aliphatic heterocycles. The van der Waals surface area contributed by atoms with E-state index in [4.69, 9.17) is 4.98 Å². The molecule has 2 aromatic heterocycles. The van der Waals surface area contributed by atoms with E-state index < -0.39 is 0 Å². The first-order valence-electron chi connectivity index (χ1n) is 8.68. The molecule has 26 heavy (non-hydrogen) atoms. The maximum Gasteiger partial charge on any atom is 0.248 e. The van der Waals surface area contributed by atoms with Crippen LogP contribution in [-0.4, -0.2) is 14.5 Å². The van der Waals surface area contributed by atoms with Gasteiger partial charge in [0.2, 0.25) is 5.56 Å². The Hall–Kier alpha value is -3.21. The molecule has 0 fully saturated rings. The number of halogens is 1. The largest absolute Gasteiger partial charge is 0.327 e. The zero-order valence-electron chi connectivity index (χ0n) is 14.0. The van der Waals surface area contributed by atoms with Gasteiger partial charge in [-0.1, -0.05) is 18.2 Å². The van der Waals surface area contributed by atoms with E-state index >= 15 is 0 Å². The minimum atomic E-state index is -0.268. The highest BCUT2D eigenvalue weighted by molar-refractivity contribution is 5.87. The maximum atomic E-state index is 14.4. The summed E-state index contributed by atoms with van der Waals surface area (Å²) in [6, 6.07) is 16.0. The monoisotopic (exact) mass is 345 g/mol. The van der Waals surface area contributed by atoms with E-state index in [-0.39, 0.29) is 11.4 Å². The van der Waals surface area contributed by atoms with Gasteiger partial charge >= 0.3 is 0 Å². The molecule has 0 bridgehead atoms. The molecular formula is C21H16FN3O. The maximum absolute atomic E-state index is 14.4. The normalized spacial score (nSPS) is 13.3. The van der Waals surface area contributed by atoms with Crippen molar-refractivity contribution in [3.63, 3.8) is 0 Å². The average Bonchev–Trinajstić information content (AvgIpc) is 3.22. The van der Waals surface area contributed by atoms with Crippen molar-refractivity contribution < 1.29 is 4.39 Å². The Morgan fingerprint density at radius 2 is 1.96 bits per heavy atom. The van der Waals surface area contributed by atoms with Crippen molar-refractivity contribution in [2.75, 3.05) is 0 Å². The molecule has 0 radical (unpaired) electrons. The Balaban J connectivity index is 1.78. The molecule has 0 aliphatic carbocycles. The summed E-state index contributed by atoms with van der Waals surface area (Å²) in [5, 5.41) is 0.940. The number of imidazole rings is 1. The lowest BCUT2D eigenvalue weighted by Gasteiger charge is -2.10. The summed E-state index contributed by atoms with van der Waals surface area (Å²) in [5.41, 5.74) is 3.78. The van der Waals surface area contributed by atoms with Gasteiger partial charge in [-0.25, -0.2) is 9.37 Å². The van der Waals surface area contributed by atoms with Crippen molar-refractivity contribution in [1.82, 2.24) is 14.5 Å². The molecule has 4 aromatic rings. The third-order valence-corrected chi connectivity index (χ3v) is 4.95. The topological polar surface area (TPSA) is 50.7 Å². The zero-order valence-corrected chi connectivity index (χ0v) is 14.0. The Morgan fingerprint density at radius 1 is 1.08 bits per heavy atom. The van der Waals surface area contributed by atoms with E-state index in [0.717, 1.165) is 47.4 Å². The van der Waals surface area contributed by atoms with Gasteiger partial charge in [0.15, 0.2) is 0 Å². The highest BCUT2D eigenvalue weighted by Gasteiger charge is 2.24. The lowest BCUT2D eigenvalue weighted by atomic mass is 10.0. The predicted molar refractivity (Wildman–Crippen MR) is 99.5 cm³/mol. The van der Waals surface area contributed by atoms with Crippen LogP contribution in [0.15, 0.2) is 59.4 Å². The molecule has 4 nitrogen and oxygen atoms in total. The van der Waals surface area contributed by atoms with Crippen molar-refractivity contribution in [2.24, 2.45) is 0 Å². The Labute approximate surface area is 149 Å². The van der Waals surface area contributed by atoms with Crippen LogP contribution in [-0.2, 0) is 13.0 Å². The minimum absolute atomic E-state index is 0.123. The van der Waals surface area contributed by atoms with Crippen molar-refractivity contribution in [1.29, 1.82) is 0 Å². The van der Waals surface area contributed by atoms with Crippen LogP contribution in [0.5, 0.6) is 0 Å². The van der Waals surface area contributed by atoms with Crippen molar-refractivity contribution in [2.45, 2.75) is 19.4 Å². The Bertz CT molecular complexity index is 1210. The number of benzene rings is 2. The number of aryl methyl sites for hydroxylation is 1. The van der Waals surface area contributed by atoms with Gasteiger partial charge in [-0.05, 0) is 42.1 Å². The molecule has 0 atom stereocenters. The molecule has 5 rings (SSSR count). The molecule has 128 valence electrons. The number of pyridine rings is 1. The van der Waals surface area contributed by atoms with Gasteiger partial charge in [0, 0.05) is 35.7 Å². The second kappa shape index (κ2) is 5.66. The van der Waals surface area contributed by atoms with Gasteiger partial charge in [-0.15, -0.1) is 0 Å². The molecule has 0 unspecified atom stereocenters. The van der Waals surface area contributed by atoms with Crippen LogP contribution in [0.1, 0.15) is 12.2 Å². The summed E-state index contributed by atoms with van der Waals surface area (Å²) in [4.78, 5) is 19.1. The first-order valence-corrected chi connectivity index (χ1v) is 8.68. The molecule has 3 heterocycles. The zero-order chi connectivity index (χ0) is 17.7. The van der Waals surface area contributed by atoms with Crippen LogP contribution < -0.4 is 5.56 Å². The molecule has 2 aromatic carbocycles. The van der Waals surface area contributed by atoms with E-state index in [2.05, 4.69) is 9.55 Å². The van der Waals surface area contributed by atoms with Gasteiger partial charge in [-0.3, -0.25) is 4.79 Å². The van der Waals surface area contributed by atoms with Crippen LogP contribution in [0.3, 0.4) is 0 Å². The fourth-order valence-electron chi connectivity index (χ4n) is 3.76. The Morgan fingerprint density at radius 3 is 2.85 bits per heavy atom. The second-order valence-corrected chi connectivity index (χ2v) is 6.58. The Kier molecular flexibility index (Phi) is 3.28. The first-order chi connectivity index (χ1) is 12.7. The summed E-state index contributed by atoms with van der Waals surface area (Å²) in [6.45, 7) is 0.885. The third-order valence-electron chi connectivity index (χ3n) is 4.95. The van der Waals surface area contributed by atoms with Gasteiger partial charge in [0.1, 0.15) is 11.6 Å². The standard InChI is InChI=1S/C21H16FN3O/c22-16-5-2-1-4-15(16)20-21(25-11-3-6-18(25)24-20)14-7-9-17-13(12-14)8-10-19(26)23-17/h1-2,4-5,7-10,12H,3,6,11H2,(H,23,26). The van der Waals surface area contributed by atoms with Gasteiger partial charge in [0.05, 0.1) is 11.4 Å². The first kappa shape index (κ1) is 15.1. The highest BCUT2D eigenvalue weighted by atomic mass is 19.1. The van der Waals surface area contributed by atoms with Crippen molar-refractivity contribution >= 4 is 10.9 Å². The predicted octanol–water partition coefficient (Wildman–Crippen LogP) is 4.14. The number of nitrogens with zero attached hydrogens (tertiary/aromatic N) is 2. The summed E-state index contributed by atoms with van der Waals surface area (Å²) in [7, 11) is 0. The SMILES string of the molecule is O=c1ccc2cc(-c3c(-c4ccccc4F)nc4n3CCC4)ccc2[nH]1. The summed E-state index contributed by atoms with van der Waals surface area (Å²) >= 11 is 0. The number of hydrogen-bond acceptors (Lipinski definition) is 2. The lowest BCUT2D eigenvalue weighted by Crippen LogP contribution is -2.02. The quantitative estimate of drug-likeness (QED) is 0.593. The van der Waals surface area contributed by atoms with Crippen LogP contribution in [0.25, 0.3) is 33.4 Å². The molecule has 1 aliphatic rings. The van der Waals surface area contributed by atoms with E-state index in [1.54, 1.807) is 12.1 Å². The summed E-state index contributed by atoms with van der Waals surface area (Å²) < 4.78 is 16.6. The number of nitrogens with one attached hydrogen (secondary N) is 1. The molecule has 0 amide bonds. The molecular weight excluding hydrogens is 329 g/mol. The number of H-pyrrole nitrogens is 1. The van der Waals surface area contributed by atoms with Crippen LogP contribution in [0, 0.1) is 5.82 Å². The number of fused-ring (bicyclic) bond motifs is 2. The number of aromatic amines is 1. The lowest BCUT2D eigenvalue weighted by molar-refractivity contribution is 0.630. The van der Waals surface area contributed by atoms with E-state index in [9.17, 15) is 9.18 Å². The van der Waals surface area contributed by atoms with E-state index in [0.29, 0.717) is 11.3 Å². The van der Waals surface area contributed by atoms with Gasteiger partial charge < -0.3 is 9.55 Å². The second-order valence-electron chi connectivity index (χ2n) is 6.58. The van der Waals surface area contributed by atoms with Crippen LogP contribution >= 0.6 is 0 Å². The molecule has 0 spiro atoms. The minimum Gasteiger partial charge on any atom is -0.327 e. The highest BCUT2D eigenvalue weighted by Crippen LogP contribution is 2.37. The van der Waals surface area contributed by atoms with E-state index in [1.165, 1.54) is 12.1 Å². The fraction of sp³-hybridized carbons (Fsp3) is 0.143. The van der Waals surface area contributed by atoms with Crippen molar-refractivity contribution in [3.05, 3.63) is 76.6 Å². The summed E-state index contributed by atoms with van der Waals surface area (Å²) in [5.74, 6) is 0.732. The molecule has 0 saturated carbocycles. The van der Waals surface area contributed by atoms with Gasteiger partial charge in [-0.2, -0.15) is 0 Å². The molecule has 1 N–H and O–H groups in total. The number of hydrogen-bond donors (Lipinski definition) is 1. The molecule has 0 saturated heterocycles. The van der Waals surface area contributed by atoms with Crippen LogP contribution in [0.2, 0.25) is 0 Å². The van der Waals surface area contributed by atoms with Crippen LogP contribution in [0.4, 0.5) is 4.39 Å². The van der Waals surface area contributed by atoms with Gasteiger partial charge in [0.25, 0.3) is 0 Å². The van der Waals surface area contributed by atoms with E-state index in [1.807, 2.05) is 30.3 Å². The number of rotatable bonds is 2. The molecule has 5 heteroatoms. The third kappa shape index (κ3) is 2.28. The number of aromatic nitrogens is 3. The van der Waals surface area contributed by atoms with Crippen molar-refractivity contribution in [3.8, 4) is 22.5 Å². The fourth-order valence-corrected chi connectivity index (χ4v) is 3.76. The smallest absolute Gasteiger partial charge is 0.248 e. The summed E-state index contributed by atoms with van der Waals surface area (Å²) in [6.07, 6.45) is 1.95.